The van der Waals surface area contributed by atoms with Crippen LogP contribution in [-0.4, -0.2) is 7.11 Å². The Kier molecular flexibility index (Phi) is 4.15. The highest BCUT2D eigenvalue weighted by Crippen LogP contribution is 2.36. The first kappa shape index (κ1) is 14.9. The standard InChI is InChI=1S/C19H16FNO2/c1-22-16-6-3-7-17(12-16)23-19-11-15(21)8-9-18(19)13-4-2-5-14(20)10-13/h2-12H,21H2,1H3. The van der Waals surface area contributed by atoms with E-state index in [1.165, 1.54) is 12.1 Å². The molecule has 0 bridgehead atoms. The van der Waals surface area contributed by atoms with E-state index in [2.05, 4.69) is 0 Å². The van der Waals surface area contributed by atoms with Gasteiger partial charge in [-0.1, -0.05) is 18.2 Å². The summed E-state index contributed by atoms with van der Waals surface area (Å²) < 4.78 is 24.6. The fraction of sp³-hybridized carbons (Fsp3) is 0.0526. The van der Waals surface area contributed by atoms with Crippen molar-refractivity contribution in [3.05, 3.63) is 72.5 Å². The number of hydrogen-bond donors (Lipinski definition) is 1. The van der Waals surface area contributed by atoms with Gasteiger partial charge in [0, 0.05) is 23.4 Å². The molecule has 0 spiro atoms. The Bertz CT molecular complexity index is 833. The second-order valence-corrected chi connectivity index (χ2v) is 5.05. The monoisotopic (exact) mass is 309 g/mol. The summed E-state index contributed by atoms with van der Waals surface area (Å²) in [4.78, 5) is 0. The summed E-state index contributed by atoms with van der Waals surface area (Å²) in [7, 11) is 1.60. The van der Waals surface area contributed by atoms with Gasteiger partial charge in [-0.2, -0.15) is 0 Å². The van der Waals surface area contributed by atoms with Crippen molar-refractivity contribution in [2.75, 3.05) is 12.8 Å². The van der Waals surface area contributed by atoms with Gasteiger partial charge in [-0.05, 0) is 42.0 Å². The molecule has 0 radical (unpaired) electrons. The van der Waals surface area contributed by atoms with Crippen LogP contribution in [0.15, 0.2) is 66.7 Å². The molecule has 0 aliphatic carbocycles. The molecule has 0 fully saturated rings. The summed E-state index contributed by atoms with van der Waals surface area (Å²) in [6.45, 7) is 0. The van der Waals surface area contributed by atoms with Crippen molar-refractivity contribution in [1.29, 1.82) is 0 Å². The van der Waals surface area contributed by atoms with E-state index in [9.17, 15) is 4.39 Å². The van der Waals surface area contributed by atoms with Crippen molar-refractivity contribution in [2.45, 2.75) is 0 Å². The van der Waals surface area contributed by atoms with Crippen LogP contribution in [0.25, 0.3) is 11.1 Å². The Morgan fingerprint density at radius 2 is 1.65 bits per heavy atom. The van der Waals surface area contributed by atoms with Crippen LogP contribution in [0.3, 0.4) is 0 Å². The quantitative estimate of drug-likeness (QED) is 0.699. The first-order valence-corrected chi connectivity index (χ1v) is 7.13. The molecule has 0 aliphatic heterocycles. The van der Waals surface area contributed by atoms with E-state index in [0.29, 0.717) is 22.9 Å². The zero-order chi connectivity index (χ0) is 16.2. The second kappa shape index (κ2) is 6.40. The predicted molar refractivity (Wildman–Crippen MR) is 89.3 cm³/mol. The van der Waals surface area contributed by atoms with Crippen molar-refractivity contribution < 1.29 is 13.9 Å². The Balaban J connectivity index is 2.02. The van der Waals surface area contributed by atoms with Crippen LogP contribution >= 0.6 is 0 Å². The first-order valence-electron chi connectivity index (χ1n) is 7.13. The number of hydrogen-bond acceptors (Lipinski definition) is 3. The van der Waals surface area contributed by atoms with Crippen molar-refractivity contribution in [3.8, 4) is 28.4 Å². The van der Waals surface area contributed by atoms with Gasteiger partial charge in [-0.15, -0.1) is 0 Å². The Morgan fingerprint density at radius 1 is 0.870 bits per heavy atom. The summed E-state index contributed by atoms with van der Waals surface area (Å²) in [5.41, 5.74) is 7.93. The van der Waals surface area contributed by atoms with Crippen LogP contribution in [0, 0.1) is 5.82 Å². The highest BCUT2D eigenvalue weighted by Gasteiger charge is 2.09. The summed E-state index contributed by atoms with van der Waals surface area (Å²) >= 11 is 0. The largest absolute Gasteiger partial charge is 0.497 e. The van der Waals surface area contributed by atoms with Crippen LogP contribution in [0.5, 0.6) is 17.2 Å². The number of halogens is 1. The minimum Gasteiger partial charge on any atom is -0.497 e. The number of anilines is 1. The van der Waals surface area contributed by atoms with Gasteiger partial charge in [-0.25, -0.2) is 4.39 Å². The maximum absolute atomic E-state index is 13.5. The molecule has 2 N–H and O–H groups in total. The van der Waals surface area contributed by atoms with Crippen LogP contribution in [0.2, 0.25) is 0 Å². The van der Waals surface area contributed by atoms with E-state index >= 15 is 0 Å². The number of nitrogen functional groups attached to an aromatic ring is 1. The number of methoxy groups -OCH3 is 1. The maximum Gasteiger partial charge on any atom is 0.137 e. The number of nitrogens with two attached hydrogens (primary N) is 1. The lowest BCUT2D eigenvalue weighted by molar-refractivity contribution is 0.409. The minimum absolute atomic E-state index is 0.299. The summed E-state index contributed by atoms with van der Waals surface area (Å²) in [5, 5.41) is 0. The maximum atomic E-state index is 13.5. The van der Waals surface area contributed by atoms with Crippen molar-refractivity contribution in [2.24, 2.45) is 0 Å². The Labute approximate surface area is 134 Å². The van der Waals surface area contributed by atoms with Gasteiger partial charge in [0.25, 0.3) is 0 Å². The molecular weight excluding hydrogens is 293 g/mol. The number of benzene rings is 3. The van der Waals surface area contributed by atoms with Gasteiger partial charge in [0.15, 0.2) is 0 Å². The molecule has 0 saturated heterocycles. The third kappa shape index (κ3) is 3.43. The second-order valence-electron chi connectivity index (χ2n) is 5.05. The summed E-state index contributed by atoms with van der Waals surface area (Å²) in [6, 6.07) is 18.9. The molecule has 3 nitrogen and oxygen atoms in total. The van der Waals surface area contributed by atoms with E-state index < -0.39 is 0 Å². The minimum atomic E-state index is -0.299. The number of rotatable bonds is 4. The fourth-order valence-corrected chi connectivity index (χ4v) is 2.31. The highest BCUT2D eigenvalue weighted by atomic mass is 19.1. The highest BCUT2D eigenvalue weighted by molar-refractivity contribution is 5.73. The Morgan fingerprint density at radius 3 is 2.43 bits per heavy atom. The Hall–Kier alpha value is -3.01. The molecular formula is C19H16FNO2. The molecule has 0 aromatic heterocycles. The molecule has 3 aromatic rings. The van der Waals surface area contributed by atoms with E-state index in [1.807, 2.05) is 30.3 Å². The predicted octanol–water partition coefficient (Wildman–Crippen LogP) is 4.88. The average molecular weight is 309 g/mol. The van der Waals surface area contributed by atoms with Crippen LogP contribution in [0.4, 0.5) is 10.1 Å². The van der Waals surface area contributed by atoms with Crippen molar-refractivity contribution >= 4 is 5.69 Å². The van der Waals surface area contributed by atoms with Crippen molar-refractivity contribution in [1.82, 2.24) is 0 Å². The van der Waals surface area contributed by atoms with Gasteiger partial charge < -0.3 is 15.2 Å². The van der Waals surface area contributed by atoms with Crippen molar-refractivity contribution in [3.63, 3.8) is 0 Å². The molecule has 4 heteroatoms. The zero-order valence-electron chi connectivity index (χ0n) is 12.6. The fourth-order valence-electron chi connectivity index (χ4n) is 2.31. The van der Waals surface area contributed by atoms with E-state index in [1.54, 1.807) is 31.4 Å². The number of ether oxygens (including phenoxy) is 2. The molecule has 0 atom stereocenters. The molecule has 0 unspecified atom stereocenters. The third-order valence-corrected chi connectivity index (χ3v) is 3.41. The molecule has 3 rings (SSSR count). The molecule has 23 heavy (non-hydrogen) atoms. The lowest BCUT2D eigenvalue weighted by Crippen LogP contribution is -1.92. The van der Waals surface area contributed by atoms with Crippen LogP contribution < -0.4 is 15.2 Å². The topological polar surface area (TPSA) is 44.5 Å². The van der Waals surface area contributed by atoms with Gasteiger partial charge in [-0.3, -0.25) is 0 Å². The molecule has 0 heterocycles. The van der Waals surface area contributed by atoms with Crippen LogP contribution in [-0.2, 0) is 0 Å². The zero-order valence-corrected chi connectivity index (χ0v) is 12.6. The smallest absolute Gasteiger partial charge is 0.137 e. The lowest BCUT2D eigenvalue weighted by Gasteiger charge is -2.13. The van der Waals surface area contributed by atoms with Gasteiger partial charge >= 0.3 is 0 Å². The molecule has 3 aromatic carbocycles. The van der Waals surface area contributed by atoms with Gasteiger partial charge in [0.1, 0.15) is 23.1 Å². The average Bonchev–Trinajstić information content (AvgIpc) is 2.55. The van der Waals surface area contributed by atoms with E-state index in [4.69, 9.17) is 15.2 Å². The van der Waals surface area contributed by atoms with E-state index in [0.717, 1.165) is 11.1 Å². The molecule has 0 aliphatic rings. The molecule has 0 saturated carbocycles. The van der Waals surface area contributed by atoms with Gasteiger partial charge in [0.05, 0.1) is 7.11 Å². The SMILES string of the molecule is COc1cccc(Oc2cc(N)ccc2-c2cccc(F)c2)c1. The van der Waals surface area contributed by atoms with Crippen LogP contribution in [0.1, 0.15) is 0 Å². The molecule has 0 amide bonds. The lowest BCUT2D eigenvalue weighted by atomic mass is 10.0. The molecule has 116 valence electrons. The van der Waals surface area contributed by atoms with E-state index in [-0.39, 0.29) is 5.82 Å². The third-order valence-electron chi connectivity index (χ3n) is 3.41. The first-order chi connectivity index (χ1) is 11.2. The summed E-state index contributed by atoms with van der Waals surface area (Å²) in [5.74, 6) is 1.57. The normalized spacial score (nSPS) is 10.3. The van der Waals surface area contributed by atoms with Gasteiger partial charge in [0.2, 0.25) is 0 Å². The summed E-state index contributed by atoms with van der Waals surface area (Å²) in [6.07, 6.45) is 0.